The maximum absolute atomic E-state index is 11.9. The average molecular weight is 230 g/mol. The first-order chi connectivity index (χ1) is 8.29. The topological polar surface area (TPSA) is 62.1 Å². The fraction of sp³-hybridized carbons (Fsp3) is 0.385. The van der Waals surface area contributed by atoms with Crippen LogP contribution in [-0.4, -0.2) is 25.2 Å². The zero-order chi connectivity index (χ0) is 12.1. The Morgan fingerprint density at radius 2 is 1.94 bits per heavy atom. The molecule has 1 aromatic rings. The molecule has 1 aliphatic heterocycles. The lowest BCUT2D eigenvalue weighted by Crippen LogP contribution is -2.38. The molecule has 0 aliphatic carbocycles. The molecule has 1 fully saturated rings. The Morgan fingerprint density at radius 1 is 1.29 bits per heavy atom. The quantitative estimate of drug-likeness (QED) is 0.836. The summed E-state index contributed by atoms with van der Waals surface area (Å²) in [4.78, 5) is 11.9. The van der Waals surface area contributed by atoms with Crippen LogP contribution in [0.3, 0.4) is 0 Å². The van der Waals surface area contributed by atoms with E-state index in [0.29, 0.717) is 24.3 Å². The van der Waals surface area contributed by atoms with Gasteiger partial charge in [0, 0.05) is 24.8 Å². The van der Waals surface area contributed by atoms with E-state index in [2.05, 4.69) is 5.32 Å². The molecule has 1 saturated heterocycles. The highest BCUT2D eigenvalue weighted by molar-refractivity contribution is 5.94. The highest BCUT2D eigenvalue weighted by Crippen LogP contribution is 2.08. The lowest BCUT2D eigenvalue weighted by molar-refractivity contribution is 0.0696. The van der Waals surface area contributed by atoms with E-state index in [9.17, 15) is 4.79 Å². The van der Waals surface area contributed by atoms with E-state index in [1.165, 1.54) is 0 Å². The van der Waals surface area contributed by atoms with E-state index >= 15 is 0 Å². The van der Waals surface area contributed by atoms with E-state index in [4.69, 9.17) is 10.00 Å². The van der Waals surface area contributed by atoms with Crippen LogP contribution in [0.5, 0.6) is 0 Å². The van der Waals surface area contributed by atoms with Gasteiger partial charge in [0.25, 0.3) is 5.91 Å². The number of hydrogen-bond donors (Lipinski definition) is 1. The fourth-order valence-corrected chi connectivity index (χ4v) is 1.81. The second kappa shape index (κ2) is 5.46. The first-order valence-electron chi connectivity index (χ1n) is 5.68. The molecule has 0 atom stereocenters. The Kier molecular flexibility index (Phi) is 3.73. The summed E-state index contributed by atoms with van der Waals surface area (Å²) in [6.45, 7) is 1.41. The lowest BCUT2D eigenvalue weighted by atomic mass is 10.1. The molecule has 1 N–H and O–H groups in total. The number of nitrogens with one attached hydrogen (secondary N) is 1. The van der Waals surface area contributed by atoms with Gasteiger partial charge in [-0.2, -0.15) is 5.26 Å². The minimum absolute atomic E-state index is 0.0820. The lowest BCUT2D eigenvalue weighted by Gasteiger charge is -2.23. The van der Waals surface area contributed by atoms with E-state index in [-0.39, 0.29) is 11.9 Å². The summed E-state index contributed by atoms with van der Waals surface area (Å²) in [5, 5.41) is 11.6. The molecule has 88 valence electrons. The molecule has 1 aliphatic rings. The monoisotopic (exact) mass is 230 g/mol. The normalized spacial score (nSPS) is 16.2. The molecule has 0 saturated carbocycles. The van der Waals surface area contributed by atoms with Crippen LogP contribution in [0.1, 0.15) is 28.8 Å². The van der Waals surface area contributed by atoms with Crippen molar-refractivity contribution in [1.82, 2.24) is 5.32 Å². The van der Waals surface area contributed by atoms with E-state index in [0.717, 1.165) is 12.8 Å². The van der Waals surface area contributed by atoms with E-state index < -0.39 is 0 Å². The summed E-state index contributed by atoms with van der Waals surface area (Å²) in [6, 6.07) is 8.88. The molecule has 0 unspecified atom stereocenters. The molecule has 0 radical (unpaired) electrons. The van der Waals surface area contributed by atoms with Crippen molar-refractivity contribution in [2.75, 3.05) is 13.2 Å². The predicted molar refractivity (Wildman–Crippen MR) is 62.5 cm³/mol. The number of carbonyl (C=O) groups is 1. The van der Waals surface area contributed by atoms with Crippen LogP contribution in [0.2, 0.25) is 0 Å². The zero-order valence-electron chi connectivity index (χ0n) is 9.48. The summed E-state index contributed by atoms with van der Waals surface area (Å²) >= 11 is 0. The van der Waals surface area contributed by atoms with Crippen LogP contribution in [0.25, 0.3) is 0 Å². The summed E-state index contributed by atoms with van der Waals surface area (Å²) in [5.41, 5.74) is 1.16. The molecule has 0 bridgehead atoms. The molecule has 1 heterocycles. The van der Waals surface area contributed by atoms with Gasteiger partial charge in [0.1, 0.15) is 0 Å². The van der Waals surface area contributed by atoms with Crippen LogP contribution < -0.4 is 5.32 Å². The first kappa shape index (κ1) is 11.6. The standard InChI is InChI=1S/C13H14N2O2/c14-9-10-1-3-11(4-2-10)13(16)15-12-5-7-17-8-6-12/h1-4,12H,5-8H2,(H,15,16). The number of carbonyl (C=O) groups excluding carboxylic acids is 1. The largest absolute Gasteiger partial charge is 0.381 e. The maximum atomic E-state index is 11.9. The second-order valence-electron chi connectivity index (χ2n) is 4.05. The van der Waals surface area contributed by atoms with Gasteiger partial charge in [-0.3, -0.25) is 4.79 Å². The average Bonchev–Trinajstić information content (AvgIpc) is 2.40. The Morgan fingerprint density at radius 3 is 2.53 bits per heavy atom. The number of nitriles is 1. The predicted octanol–water partition coefficient (Wildman–Crippen LogP) is 1.47. The smallest absolute Gasteiger partial charge is 0.251 e. The SMILES string of the molecule is N#Cc1ccc(C(=O)NC2CCOCC2)cc1. The molecule has 1 amide bonds. The Hall–Kier alpha value is -1.86. The van der Waals surface area contributed by atoms with Crippen LogP contribution in [-0.2, 0) is 4.74 Å². The third-order valence-electron chi connectivity index (χ3n) is 2.83. The van der Waals surface area contributed by atoms with Crippen molar-refractivity contribution in [3.05, 3.63) is 35.4 Å². The Balaban J connectivity index is 1.96. The molecule has 4 heteroatoms. The number of ether oxygens (including phenoxy) is 1. The molecule has 17 heavy (non-hydrogen) atoms. The Labute approximate surface area is 100 Å². The fourth-order valence-electron chi connectivity index (χ4n) is 1.81. The minimum atomic E-state index is -0.0820. The second-order valence-corrected chi connectivity index (χ2v) is 4.05. The number of amides is 1. The van der Waals surface area contributed by atoms with Crippen LogP contribution in [0, 0.1) is 11.3 Å². The number of hydrogen-bond acceptors (Lipinski definition) is 3. The van der Waals surface area contributed by atoms with Crippen LogP contribution >= 0.6 is 0 Å². The van der Waals surface area contributed by atoms with Crippen LogP contribution in [0.15, 0.2) is 24.3 Å². The van der Waals surface area contributed by atoms with Crippen molar-refractivity contribution in [1.29, 1.82) is 5.26 Å². The van der Waals surface area contributed by atoms with Crippen molar-refractivity contribution in [2.45, 2.75) is 18.9 Å². The van der Waals surface area contributed by atoms with Gasteiger partial charge in [-0.05, 0) is 37.1 Å². The molecular weight excluding hydrogens is 216 g/mol. The van der Waals surface area contributed by atoms with Gasteiger partial charge >= 0.3 is 0 Å². The van der Waals surface area contributed by atoms with Crippen LogP contribution in [0.4, 0.5) is 0 Å². The van der Waals surface area contributed by atoms with Crippen molar-refractivity contribution < 1.29 is 9.53 Å². The van der Waals surface area contributed by atoms with Crippen molar-refractivity contribution >= 4 is 5.91 Å². The highest BCUT2D eigenvalue weighted by Gasteiger charge is 2.16. The summed E-state index contributed by atoms with van der Waals surface area (Å²) in [7, 11) is 0. The number of rotatable bonds is 2. The van der Waals surface area contributed by atoms with Crippen molar-refractivity contribution in [3.8, 4) is 6.07 Å². The van der Waals surface area contributed by atoms with E-state index in [1.54, 1.807) is 24.3 Å². The van der Waals surface area contributed by atoms with Gasteiger partial charge in [-0.1, -0.05) is 0 Å². The zero-order valence-corrected chi connectivity index (χ0v) is 9.48. The molecule has 1 aromatic carbocycles. The third kappa shape index (κ3) is 3.05. The molecule has 4 nitrogen and oxygen atoms in total. The van der Waals surface area contributed by atoms with Gasteiger partial charge in [0.05, 0.1) is 11.6 Å². The van der Waals surface area contributed by atoms with E-state index in [1.807, 2.05) is 6.07 Å². The van der Waals surface area contributed by atoms with Crippen molar-refractivity contribution in [3.63, 3.8) is 0 Å². The molecule has 2 rings (SSSR count). The van der Waals surface area contributed by atoms with Gasteiger partial charge in [-0.15, -0.1) is 0 Å². The molecule has 0 spiro atoms. The molecular formula is C13H14N2O2. The molecule has 0 aromatic heterocycles. The summed E-state index contributed by atoms with van der Waals surface area (Å²) < 4.78 is 5.23. The number of benzene rings is 1. The number of nitrogens with zero attached hydrogens (tertiary/aromatic N) is 1. The third-order valence-corrected chi connectivity index (χ3v) is 2.83. The summed E-state index contributed by atoms with van der Waals surface area (Å²) in [6.07, 6.45) is 1.73. The van der Waals surface area contributed by atoms with Crippen molar-refractivity contribution in [2.24, 2.45) is 0 Å². The first-order valence-corrected chi connectivity index (χ1v) is 5.68. The Bertz CT molecular complexity index is 428. The summed E-state index contributed by atoms with van der Waals surface area (Å²) in [5.74, 6) is -0.0820. The van der Waals surface area contributed by atoms with Gasteiger partial charge in [0.15, 0.2) is 0 Å². The minimum Gasteiger partial charge on any atom is -0.381 e. The maximum Gasteiger partial charge on any atom is 0.251 e. The highest BCUT2D eigenvalue weighted by atomic mass is 16.5. The van der Waals surface area contributed by atoms with Gasteiger partial charge < -0.3 is 10.1 Å². The van der Waals surface area contributed by atoms with Gasteiger partial charge in [-0.25, -0.2) is 0 Å². The van der Waals surface area contributed by atoms with Gasteiger partial charge in [0.2, 0.25) is 0 Å².